The van der Waals surface area contributed by atoms with Crippen LogP contribution >= 0.6 is 0 Å². The van der Waals surface area contributed by atoms with Crippen LogP contribution in [0, 0.1) is 0 Å². The lowest BCUT2D eigenvalue weighted by Crippen LogP contribution is -2.55. The van der Waals surface area contributed by atoms with Crippen molar-refractivity contribution in [1.29, 1.82) is 0 Å². The van der Waals surface area contributed by atoms with Crippen LogP contribution in [0.25, 0.3) is 0 Å². The van der Waals surface area contributed by atoms with Crippen molar-refractivity contribution in [3.63, 3.8) is 0 Å². The molecule has 0 saturated heterocycles. The van der Waals surface area contributed by atoms with Gasteiger partial charge in [0, 0.05) is 31.2 Å². The second-order valence-corrected chi connectivity index (χ2v) is 6.20. The van der Waals surface area contributed by atoms with E-state index in [1.165, 1.54) is 6.08 Å². The van der Waals surface area contributed by atoms with E-state index in [0.29, 0.717) is 43.6 Å². The average Bonchev–Trinajstić information content (AvgIpc) is 2.75. The van der Waals surface area contributed by atoms with Crippen molar-refractivity contribution in [3.8, 4) is 0 Å². The van der Waals surface area contributed by atoms with Gasteiger partial charge in [0.2, 0.25) is 5.91 Å². The summed E-state index contributed by atoms with van der Waals surface area (Å²) in [6, 6.07) is 0. The molecule has 0 fully saturated rings. The van der Waals surface area contributed by atoms with E-state index in [0.717, 1.165) is 18.2 Å². The molecule has 0 aliphatic carbocycles. The van der Waals surface area contributed by atoms with Gasteiger partial charge in [-0.3, -0.25) is 4.79 Å². The first-order valence-corrected chi connectivity index (χ1v) is 9.45. The number of quaternary nitrogens is 1. The molecule has 0 rings (SSSR count). The highest BCUT2D eigenvalue weighted by molar-refractivity contribution is 5.86. The van der Waals surface area contributed by atoms with Crippen molar-refractivity contribution >= 4 is 23.8 Å². The summed E-state index contributed by atoms with van der Waals surface area (Å²) in [5.41, 5.74) is 0. The van der Waals surface area contributed by atoms with Crippen molar-refractivity contribution in [2.24, 2.45) is 0 Å². The van der Waals surface area contributed by atoms with Crippen LogP contribution in [0.3, 0.4) is 0 Å². The number of nitrogens with zero attached hydrogens (tertiary/aromatic N) is 1. The van der Waals surface area contributed by atoms with Crippen LogP contribution < -0.4 is 5.32 Å². The maximum atomic E-state index is 11.4. The van der Waals surface area contributed by atoms with Gasteiger partial charge >= 0.3 is 17.9 Å². The Kier molecular flexibility index (Phi) is 14.0. The molecule has 0 aromatic rings. The minimum atomic E-state index is -0.553. The van der Waals surface area contributed by atoms with E-state index >= 15 is 0 Å². The largest absolute Gasteiger partial charge is 0.457 e. The monoisotopic (exact) mass is 423 g/mol. The first-order valence-electron chi connectivity index (χ1n) is 9.45. The molecular weight excluding hydrogens is 392 g/mol. The number of esters is 3. The van der Waals surface area contributed by atoms with Crippen LogP contribution in [0.15, 0.2) is 50.6 Å². The van der Waals surface area contributed by atoms with Gasteiger partial charge < -0.3 is 24.0 Å². The fourth-order valence-corrected chi connectivity index (χ4v) is 2.57. The number of hydrogen-bond donors (Lipinski definition) is 1. The number of ether oxygens (including phenoxy) is 3. The molecule has 166 valence electrons. The quantitative estimate of drug-likeness (QED) is 0.121. The highest BCUT2D eigenvalue weighted by Gasteiger charge is 2.28. The molecule has 0 radical (unpaired) electrons. The molecule has 0 atom stereocenters. The Morgan fingerprint density at radius 2 is 1.07 bits per heavy atom. The molecule has 0 bridgehead atoms. The van der Waals surface area contributed by atoms with E-state index in [2.05, 4.69) is 31.6 Å². The van der Waals surface area contributed by atoms with E-state index in [-0.39, 0.29) is 25.7 Å². The fourth-order valence-electron chi connectivity index (χ4n) is 2.57. The summed E-state index contributed by atoms with van der Waals surface area (Å²) in [5.74, 6) is -1.94. The molecule has 0 saturated carbocycles. The fraction of sp³-hybridized carbons (Fsp3) is 0.429. The summed E-state index contributed by atoms with van der Waals surface area (Å²) >= 11 is 0. The minimum Gasteiger partial charge on any atom is -0.457 e. The SMILES string of the molecule is C=CC(=O)NCCC[N+](CCOC(=O)C=C)(CCOC(=O)C=C)CCOC(=O)C=C. The van der Waals surface area contributed by atoms with E-state index in [9.17, 15) is 19.2 Å². The number of amides is 1. The number of rotatable bonds is 17. The first-order chi connectivity index (χ1) is 14.3. The summed E-state index contributed by atoms with van der Waals surface area (Å²) < 4.78 is 15.6. The normalized spacial score (nSPS) is 10.3. The average molecular weight is 423 g/mol. The predicted octanol–water partition coefficient (Wildman–Crippen LogP) is 0.683. The molecule has 0 unspecified atom stereocenters. The van der Waals surface area contributed by atoms with Gasteiger partial charge in [0.15, 0.2) is 0 Å². The number of carbonyl (C=O) groups is 4. The van der Waals surface area contributed by atoms with Crippen LogP contribution in [-0.2, 0) is 33.4 Å². The van der Waals surface area contributed by atoms with Crippen molar-refractivity contribution in [3.05, 3.63) is 50.6 Å². The lowest BCUT2D eigenvalue weighted by atomic mass is 10.2. The Morgan fingerprint density at radius 3 is 1.40 bits per heavy atom. The Balaban J connectivity index is 5.19. The van der Waals surface area contributed by atoms with Crippen molar-refractivity contribution in [2.75, 3.05) is 52.5 Å². The van der Waals surface area contributed by atoms with Crippen LogP contribution in [0.4, 0.5) is 0 Å². The van der Waals surface area contributed by atoms with Gasteiger partial charge in [-0.2, -0.15) is 0 Å². The third-order valence-corrected chi connectivity index (χ3v) is 4.22. The van der Waals surface area contributed by atoms with Crippen LogP contribution in [0.5, 0.6) is 0 Å². The molecule has 9 nitrogen and oxygen atoms in total. The smallest absolute Gasteiger partial charge is 0.330 e. The molecule has 9 heteroatoms. The first kappa shape index (κ1) is 26.8. The van der Waals surface area contributed by atoms with E-state index in [1.54, 1.807) is 0 Å². The standard InChI is InChI=1S/C21H30N2O7/c1-5-18(24)22-10-9-11-23(12-15-28-19(25)6-2,13-16-29-20(26)7-3)14-17-30-21(27)8-4/h5-8H,1-4,9-17H2/p+1. The van der Waals surface area contributed by atoms with E-state index < -0.39 is 17.9 Å². The zero-order chi connectivity index (χ0) is 22.8. The summed E-state index contributed by atoms with van der Waals surface area (Å²) in [6.45, 7) is 15.8. The Labute approximate surface area is 177 Å². The summed E-state index contributed by atoms with van der Waals surface area (Å²) in [6.07, 6.45) is 4.96. The van der Waals surface area contributed by atoms with Gasteiger partial charge in [-0.15, -0.1) is 0 Å². The minimum absolute atomic E-state index is 0.0919. The maximum Gasteiger partial charge on any atom is 0.330 e. The van der Waals surface area contributed by atoms with Crippen LogP contribution in [0.1, 0.15) is 6.42 Å². The molecule has 0 aliphatic heterocycles. The van der Waals surface area contributed by atoms with Crippen LogP contribution in [-0.4, -0.2) is 80.8 Å². The topological polar surface area (TPSA) is 108 Å². The molecule has 30 heavy (non-hydrogen) atoms. The Hall–Kier alpha value is -3.20. The number of carbonyl (C=O) groups excluding carboxylic acids is 4. The lowest BCUT2D eigenvalue weighted by Gasteiger charge is -2.38. The summed E-state index contributed by atoms with van der Waals surface area (Å²) in [4.78, 5) is 45.5. The van der Waals surface area contributed by atoms with Crippen molar-refractivity contribution in [2.45, 2.75) is 6.42 Å². The van der Waals surface area contributed by atoms with Gasteiger partial charge in [-0.25, -0.2) is 14.4 Å². The highest BCUT2D eigenvalue weighted by Crippen LogP contribution is 2.10. The third kappa shape index (κ3) is 12.3. The summed E-state index contributed by atoms with van der Waals surface area (Å²) in [7, 11) is 0. The number of nitrogens with one attached hydrogen (secondary N) is 1. The van der Waals surface area contributed by atoms with Gasteiger partial charge in [0.25, 0.3) is 0 Å². The maximum absolute atomic E-state index is 11.4. The van der Waals surface area contributed by atoms with Gasteiger partial charge in [0.1, 0.15) is 39.5 Å². The van der Waals surface area contributed by atoms with Gasteiger partial charge in [-0.05, 0) is 6.08 Å². The lowest BCUT2D eigenvalue weighted by molar-refractivity contribution is -0.928. The van der Waals surface area contributed by atoms with Crippen molar-refractivity contribution < 1.29 is 37.9 Å². The van der Waals surface area contributed by atoms with Crippen molar-refractivity contribution in [1.82, 2.24) is 5.32 Å². The zero-order valence-electron chi connectivity index (χ0n) is 17.3. The molecule has 0 aromatic carbocycles. The molecule has 1 amide bonds. The molecule has 0 aromatic heterocycles. The summed E-state index contributed by atoms with van der Waals surface area (Å²) in [5, 5.41) is 2.69. The molecule has 1 N–H and O–H groups in total. The second-order valence-electron chi connectivity index (χ2n) is 6.20. The molecule has 0 heterocycles. The van der Waals surface area contributed by atoms with Crippen LogP contribution in [0.2, 0.25) is 0 Å². The van der Waals surface area contributed by atoms with Gasteiger partial charge in [-0.1, -0.05) is 26.3 Å². The second kappa shape index (κ2) is 15.7. The zero-order valence-corrected chi connectivity index (χ0v) is 17.3. The number of hydrogen-bond acceptors (Lipinski definition) is 7. The molecule has 0 aliphatic rings. The Bertz CT molecular complexity index is 579. The molecular formula is C21H31N2O7+. The molecule has 0 spiro atoms. The van der Waals surface area contributed by atoms with Gasteiger partial charge in [0.05, 0.1) is 6.54 Å². The predicted molar refractivity (Wildman–Crippen MR) is 111 cm³/mol. The van der Waals surface area contributed by atoms with E-state index in [1.807, 2.05) is 0 Å². The third-order valence-electron chi connectivity index (χ3n) is 4.22. The van der Waals surface area contributed by atoms with E-state index in [4.69, 9.17) is 14.2 Å². The Morgan fingerprint density at radius 1 is 0.667 bits per heavy atom. The highest BCUT2D eigenvalue weighted by atomic mass is 16.5.